The van der Waals surface area contributed by atoms with Gasteiger partial charge in [-0.05, 0) is 31.0 Å². The Hall–Kier alpha value is -2.84. The number of alkyl halides is 3. The second-order valence-electron chi connectivity index (χ2n) is 7.34. The summed E-state index contributed by atoms with van der Waals surface area (Å²) in [4.78, 5) is 34.0. The number of benzene rings is 1. The first-order valence-electron chi connectivity index (χ1n) is 9.64. The molecule has 0 bridgehead atoms. The van der Waals surface area contributed by atoms with E-state index in [0.717, 1.165) is 30.7 Å². The standard InChI is InChI=1S/C20H21F3N4O2/c21-20(22,23)14-3-4-15-16(13-14)24-6-5-17(15)25-9-11-27(12-10-25)19(29)18(28)26-7-1-2-8-26/h3-6,13H,1-2,7-12H2. The molecule has 0 spiro atoms. The zero-order chi connectivity index (χ0) is 20.6. The second kappa shape index (κ2) is 7.53. The van der Waals surface area contributed by atoms with Crippen molar-refractivity contribution in [1.29, 1.82) is 0 Å². The molecule has 6 nitrogen and oxygen atoms in total. The van der Waals surface area contributed by atoms with E-state index in [1.165, 1.54) is 12.3 Å². The number of rotatable bonds is 1. The summed E-state index contributed by atoms with van der Waals surface area (Å²) in [6.45, 7) is 3.05. The summed E-state index contributed by atoms with van der Waals surface area (Å²) in [6.07, 6.45) is -1.07. The molecule has 4 rings (SSSR count). The topological polar surface area (TPSA) is 56.8 Å². The monoisotopic (exact) mass is 406 g/mol. The number of amides is 2. The van der Waals surface area contributed by atoms with E-state index in [1.807, 2.05) is 4.90 Å². The molecule has 29 heavy (non-hydrogen) atoms. The minimum Gasteiger partial charge on any atom is -0.367 e. The van der Waals surface area contributed by atoms with Crippen LogP contribution in [0.3, 0.4) is 0 Å². The van der Waals surface area contributed by atoms with Crippen LogP contribution in [0.2, 0.25) is 0 Å². The summed E-state index contributed by atoms with van der Waals surface area (Å²) in [5.74, 6) is -0.911. The third-order valence-corrected chi connectivity index (χ3v) is 5.53. The number of anilines is 1. The van der Waals surface area contributed by atoms with Crippen LogP contribution in [0.4, 0.5) is 18.9 Å². The molecule has 0 saturated carbocycles. The maximum Gasteiger partial charge on any atom is 0.416 e. The molecule has 0 aliphatic carbocycles. The average molecular weight is 406 g/mol. The molecule has 3 heterocycles. The van der Waals surface area contributed by atoms with Gasteiger partial charge in [0.15, 0.2) is 0 Å². The molecular weight excluding hydrogens is 385 g/mol. The Morgan fingerprint density at radius 2 is 1.48 bits per heavy atom. The van der Waals surface area contributed by atoms with E-state index in [4.69, 9.17) is 0 Å². The van der Waals surface area contributed by atoms with E-state index >= 15 is 0 Å². The number of aromatic nitrogens is 1. The summed E-state index contributed by atoms with van der Waals surface area (Å²) in [5.41, 5.74) is 0.326. The molecule has 1 aromatic heterocycles. The second-order valence-corrected chi connectivity index (χ2v) is 7.34. The Morgan fingerprint density at radius 3 is 2.10 bits per heavy atom. The molecule has 2 aliphatic heterocycles. The first-order valence-corrected chi connectivity index (χ1v) is 9.64. The molecule has 0 N–H and O–H groups in total. The zero-order valence-corrected chi connectivity index (χ0v) is 15.8. The van der Waals surface area contributed by atoms with Gasteiger partial charge in [-0.25, -0.2) is 0 Å². The highest BCUT2D eigenvalue weighted by Gasteiger charge is 2.32. The minimum absolute atomic E-state index is 0.278. The molecule has 2 aromatic rings. The van der Waals surface area contributed by atoms with Crippen LogP contribution >= 0.6 is 0 Å². The van der Waals surface area contributed by atoms with E-state index < -0.39 is 23.6 Å². The number of hydrogen-bond acceptors (Lipinski definition) is 4. The molecule has 154 valence electrons. The number of piperazine rings is 1. The van der Waals surface area contributed by atoms with Gasteiger partial charge in [-0.3, -0.25) is 14.6 Å². The average Bonchev–Trinajstić information content (AvgIpc) is 3.26. The normalized spacial score (nSPS) is 17.8. The lowest BCUT2D eigenvalue weighted by molar-refractivity contribution is -0.151. The summed E-state index contributed by atoms with van der Waals surface area (Å²) in [6, 6.07) is 5.31. The number of carbonyl (C=O) groups excluding carboxylic acids is 2. The Labute approximate surface area is 165 Å². The van der Waals surface area contributed by atoms with Gasteiger partial charge in [-0.2, -0.15) is 13.2 Å². The van der Waals surface area contributed by atoms with Crippen molar-refractivity contribution in [3.8, 4) is 0 Å². The molecule has 0 unspecified atom stereocenters. The molecular formula is C20H21F3N4O2. The first-order chi connectivity index (χ1) is 13.8. The molecule has 0 radical (unpaired) electrons. The van der Waals surface area contributed by atoms with Gasteiger partial charge in [0.05, 0.1) is 11.1 Å². The lowest BCUT2D eigenvalue weighted by Crippen LogP contribution is -2.53. The molecule has 9 heteroatoms. The summed E-state index contributed by atoms with van der Waals surface area (Å²) >= 11 is 0. The fourth-order valence-electron chi connectivity index (χ4n) is 3.93. The van der Waals surface area contributed by atoms with Crippen molar-refractivity contribution in [2.45, 2.75) is 19.0 Å². The van der Waals surface area contributed by atoms with E-state index in [2.05, 4.69) is 4.98 Å². The molecule has 2 amide bonds. The van der Waals surface area contributed by atoms with Crippen molar-refractivity contribution in [1.82, 2.24) is 14.8 Å². The zero-order valence-electron chi connectivity index (χ0n) is 15.8. The van der Waals surface area contributed by atoms with Crippen molar-refractivity contribution in [2.75, 3.05) is 44.2 Å². The smallest absolute Gasteiger partial charge is 0.367 e. The SMILES string of the molecule is O=C(C(=O)N1CCN(c2ccnc3cc(C(F)(F)F)ccc23)CC1)N1CCCC1. The number of nitrogens with zero attached hydrogens (tertiary/aromatic N) is 4. The Balaban J connectivity index is 1.47. The predicted octanol–water partition coefficient (Wildman–Crippen LogP) is 2.52. The fourth-order valence-corrected chi connectivity index (χ4v) is 3.93. The van der Waals surface area contributed by atoms with Gasteiger partial charge in [0, 0.05) is 56.5 Å². The number of pyridine rings is 1. The van der Waals surface area contributed by atoms with Gasteiger partial charge in [0.1, 0.15) is 0 Å². The lowest BCUT2D eigenvalue weighted by Gasteiger charge is -2.36. The maximum atomic E-state index is 13.0. The van der Waals surface area contributed by atoms with Gasteiger partial charge >= 0.3 is 18.0 Å². The largest absolute Gasteiger partial charge is 0.416 e. The Kier molecular flexibility index (Phi) is 5.06. The highest BCUT2D eigenvalue weighted by molar-refractivity contribution is 6.35. The van der Waals surface area contributed by atoms with Gasteiger partial charge < -0.3 is 14.7 Å². The van der Waals surface area contributed by atoms with Crippen molar-refractivity contribution in [3.63, 3.8) is 0 Å². The quantitative estimate of drug-likeness (QED) is 0.683. The molecule has 2 saturated heterocycles. The van der Waals surface area contributed by atoms with Crippen LogP contribution in [0.5, 0.6) is 0 Å². The first kappa shape index (κ1) is 19.5. The van der Waals surface area contributed by atoms with Crippen LogP contribution in [0.25, 0.3) is 10.9 Å². The highest BCUT2D eigenvalue weighted by atomic mass is 19.4. The number of hydrogen-bond donors (Lipinski definition) is 0. The molecule has 0 atom stereocenters. The maximum absolute atomic E-state index is 13.0. The number of halogens is 3. The van der Waals surface area contributed by atoms with E-state index in [1.54, 1.807) is 15.9 Å². The summed E-state index contributed by atoms with van der Waals surface area (Å²) in [5, 5.41) is 0.633. The number of fused-ring (bicyclic) bond motifs is 1. The van der Waals surface area contributed by atoms with Crippen molar-refractivity contribution in [2.24, 2.45) is 0 Å². The number of carbonyl (C=O) groups is 2. The van der Waals surface area contributed by atoms with E-state index in [-0.39, 0.29) is 5.52 Å². The van der Waals surface area contributed by atoms with Crippen molar-refractivity contribution >= 4 is 28.4 Å². The molecule has 2 fully saturated rings. The van der Waals surface area contributed by atoms with Crippen molar-refractivity contribution < 1.29 is 22.8 Å². The molecule has 1 aromatic carbocycles. The van der Waals surface area contributed by atoms with Crippen LogP contribution in [0.1, 0.15) is 18.4 Å². The van der Waals surface area contributed by atoms with Crippen molar-refractivity contribution in [3.05, 3.63) is 36.0 Å². The predicted molar refractivity (Wildman–Crippen MR) is 101 cm³/mol. The van der Waals surface area contributed by atoms with Gasteiger partial charge in [-0.1, -0.05) is 6.07 Å². The summed E-state index contributed by atoms with van der Waals surface area (Å²) in [7, 11) is 0. The van der Waals surface area contributed by atoms with Crippen LogP contribution < -0.4 is 4.90 Å². The van der Waals surface area contributed by atoms with Gasteiger partial charge in [-0.15, -0.1) is 0 Å². The van der Waals surface area contributed by atoms with Crippen LogP contribution in [-0.2, 0) is 15.8 Å². The minimum atomic E-state index is -4.42. The van der Waals surface area contributed by atoms with Crippen LogP contribution in [0.15, 0.2) is 30.5 Å². The fraction of sp³-hybridized carbons (Fsp3) is 0.450. The molecule has 2 aliphatic rings. The van der Waals surface area contributed by atoms with Gasteiger partial charge in [0.2, 0.25) is 0 Å². The lowest BCUT2D eigenvalue weighted by atomic mass is 10.1. The summed E-state index contributed by atoms with van der Waals surface area (Å²) < 4.78 is 38.9. The van der Waals surface area contributed by atoms with Crippen LogP contribution in [0, 0.1) is 0 Å². The number of likely N-dealkylation sites (tertiary alicyclic amines) is 1. The van der Waals surface area contributed by atoms with Gasteiger partial charge in [0.25, 0.3) is 0 Å². The third kappa shape index (κ3) is 3.86. The third-order valence-electron chi connectivity index (χ3n) is 5.53. The Morgan fingerprint density at radius 1 is 0.862 bits per heavy atom. The van der Waals surface area contributed by atoms with E-state index in [0.29, 0.717) is 44.7 Å². The highest BCUT2D eigenvalue weighted by Crippen LogP contribution is 2.33. The van der Waals surface area contributed by atoms with Crippen LogP contribution in [-0.4, -0.2) is 65.9 Å². The Bertz CT molecular complexity index is 933. The van der Waals surface area contributed by atoms with E-state index in [9.17, 15) is 22.8 Å².